The zero-order valence-electron chi connectivity index (χ0n) is 10.2. The van der Waals surface area contributed by atoms with Crippen molar-refractivity contribution in [1.29, 1.82) is 0 Å². The molecule has 0 fully saturated rings. The monoisotopic (exact) mass is 236 g/mol. The molecule has 1 aromatic carbocycles. The molecule has 0 bridgehead atoms. The quantitative estimate of drug-likeness (QED) is 0.797. The van der Waals surface area contributed by atoms with Crippen molar-refractivity contribution < 1.29 is 13.9 Å². The van der Waals surface area contributed by atoms with Crippen molar-refractivity contribution in [3.05, 3.63) is 41.4 Å². The Balaban J connectivity index is 2.15. The SMILES string of the molecule is CCOc1ccc(C2CC=C(C)OC2)cc1F. The van der Waals surface area contributed by atoms with E-state index in [4.69, 9.17) is 9.47 Å². The normalized spacial score (nSPS) is 19.5. The highest BCUT2D eigenvalue weighted by atomic mass is 19.1. The van der Waals surface area contributed by atoms with Gasteiger partial charge in [-0.3, -0.25) is 0 Å². The number of hydrogen-bond acceptors (Lipinski definition) is 2. The predicted octanol–water partition coefficient (Wildman–Crippen LogP) is 3.63. The summed E-state index contributed by atoms with van der Waals surface area (Å²) in [5.41, 5.74) is 0.967. The molecule has 1 aliphatic heterocycles. The fraction of sp³-hybridized carbons (Fsp3) is 0.429. The number of hydrogen-bond donors (Lipinski definition) is 0. The summed E-state index contributed by atoms with van der Waals surface area (Å²) in [5.74, 6) is 1.21. The van der Waals surface area contributed by atoms with E-state index in [1.54, 1.807) is 12.1 Å². The van der Waals surface area contributed by atoms with E-state index in [1.807, 2.05) is 26.0 Å². The molecule has 0 saturated carbocycles. The summed E-state index contributed by atoms with van der Waals surface area (Å²) in [7, 11) is 0. The van der Waals surface area contributed by atoms with Crippen LogP contribution in [0.2, 0.25) is 0 Å². The van der Waals surface area contributed by atoms with E-state index < -0.39 is 0 Å². The highest BCUT2D eigenvalue weighted by Gasteiger charge is 2.17. The van der Waals surface area contributed by atoms with Crippen LogP contribution in [0.1, 0.15) is 31.7 Å². The third-order valence-electron chi connectivity index (χ3n) is 2.93. The van der Waals surface area contributed by atoms with Crippen LogP contribution in [0.3, 0.4) is 0 Å². The van der Waals surface area contributed by atoms with Crippen molar-refractivity contribution in [2.24, 2.45) is 0 Å². The highest BCUT2D eigenvalue weighted by molar-refractivity contribution is 5.32. The summed E-state index contributed by atoms with van der Waals surface area (Å²) in [6, 6.07) is 5.16. The smallest absolute Gasteiger partial charge is 0.165 e. The van der Waals surface area contributed by atoms with Crippen LogP contribution in [0, 0.1) is 5.82 Å². The lowest BCUT2D eigenvalue weighted by Gasteiger charge is -2.22. The molecule has 1 aliphatic rings. The summed E-state index contributed by atoms with van der Waals surface area (Å²) in [5, 5.41) is 0. The Morgan fingerprint density at radius 2 is 2.29 bits per heavy atom. The van der Waals surface area contributed by atoms with Crippen LogP contribution in [-0.2, 0) is 4.74 Å². The van der Waals surface area contributed by atoms with Crippen LogP contribution < -0.4 is 4.74 Å². The maximum atomic E-state index is 13.7. The standard InChI is InChI=1S/C14H17FO2/c1-3-16-14-7-6-11(8-13(14)15)12-5-4-10(2)17-9-12/h4,6-8,12H,3,5,9H2,1-2H3. The second-order valence-electron chi connectivity index (χ2n) is 4.18. The van der Waals surface area contributed by atoms with Crippen molar-refractivity contribution in [3.63, 3.8) is 0 Å². The Morgan fingerprint density at radius 3 is 2.88 bits per heavy atom. The minimum atomic E-state index is -0.296. The van der Waals surface area contributed by atoms with Gasteiger partial charge in [0.15, 0.2) is 11.6 Å². The van der Waals surface area contributed by atoms with Gasteiger partial charge < -0.3 is 9.47 Å². The average Bonchev–Trinajstić information content (AvgIpc) is 2.33. The van der Waals surface area contributed by atoms with E-state index in [1.165, 1.54) is 0 Å². The van der Waals surface area contributed by atoms with Gasteiger partial charge in [-0.25, -0.2) is 4.39 Å². The molecule has 0 spiro atoms. The van der Waals surface area contributed by atoms with Crippen LogP contribution in [0.4, 0.5) is 4.39 Å². The lowest BCUT2D eigenvalue weighted by molar-refractivity contribution is 0.177. The minimum absolute atomic E-state index is 0.240. The number of halogens is 1. The van der Waals surface area contributed by atoms with Gasteiger partial charge in [0.25, 0.3) is 0 Å². The summed E-state index contributed by atoms with van der Waals surface area (Å²) < 4.78 is 24.3. The first-order chi connectivity index (χ1) is 8.20. The summed E-state index contributed by atoms with van der Waals surface area (Å²) in [4.78, 5) is 0. The molecule has 0 amide bonds. The molecule has 0 saturated heterocycles. The van der Waals surface area contributed by atoms with Crippen LogP contribution in [-0.4, -0.2) is 13.2 Å². The molecular formula is C14H17FO2. The number of benzene rings is 1. The zero-order chi connectivity index (χ0) is 12.3. The van der Waals surface area contributed by atoms with E-state index in [9.17, 15) is 4.39 Å². The second kappa shape index (κ2) is 5.21. The Morgan fingerprint density at radius 1 is 1.47 bits per heavy atom. The van der Waals surface area contributed by atoms with Crippen LogP contribution in [0.5, 0.6) is 5.75 Å². The van der Waals surface area contributed by atoms with Gasteiger partial charge in [-0.2, -0.15) is 0 Å². The molecule has 1 aromatic rings. The Kier molecular flexibility index (Phi) is 3.67. The lowest BCUT2D eigenvalue weighted by atomic mass is 9.94. The largest absolute Gasteiger partial charge is 0.498 e. The van der Waals surface area contributed by atoms with Crippen LogP contribution >= 0.6 is 0 Å². The zero-order valence-corrected chi connectivity index (χ0v) is 10.2. The molecule has 92 valence electrons. The molecule has 2 rings (SSSR count). The molecule has 0 aromatic heterocycles. The lowest BCUT2D eigenvalue weighted by Crippen LogP contribution is -2.11. The predicted molar refractivity (Wildman–Crippen MR) is 64.6 cm³/mol. The number of rotatable bonds is 3. The highest BCUT2D eigenvalue weighted by Crippen LogP contribution is 2.29. The second-order valence-corrected chi connectivity index (χ2v) is 4.18. The maximum absolute atomic E-state index is 13.7. The van der Waals surface area contributed by atoms with Gasteiger partial charge in [0.1, 0.15) is 0 Å². The fourth-order valence-corrected chi connectivity index (χ4v) is 1.94. The Bertz CT molecular complexity index is 426. The fourth-order valence-electron chi connectivity index (χ4n) is 1.94. The molecule has 1 unspecified atom stereocenters. The molecule has 0 radical (unpaired) electrons. The van der Waals surface area contributed by atoms with Crippen molar-refractivity contribution in [3.8, 4) is 5.75 Å². The molecular weight excluding hydrogens is 219 g/mol. The molecule has 0 aliphatic carbocycles. The maximum Gasteiger partial charge on any atom is 0.165 e. The van der Waals surface area contributed by atoms with Crippen molar-refractivity contribution in [1.82, 2.24) is 0 Å². The Hall–Kier alpha value is -1.51. The van der Waals surface area contributed by atoms with E-state index in [0.717, 1.165) is 17.7 Å². The molecule has 0 N–H and O–H groups in total. The first-order valence-electron chi connectivity index (χ1n) is 5.92. The van der Waals surface area contributed by atoms with Gasteiger partial charge in [-0.05, 0) is 44.0 Å². The van der Waals surface area contributed by atoms with Gasteiger partial charge in [0.05, 0.1) is 19.0 Å². The first kappa shape index (κ1) is 12.0. The molecule has 1 atom stereocenters. The topological polar surface area (TPSA) is 18.5 Å². The molecule has 17 heavy (non-hydrogen) atoms. The van der Waals surface area contributed by atoms with Crippen molar-refractivity contribution in [2.75, 3.05) is 13.2 Å². The van der Waals surface area contributed by atoms with Crippen LogP contribution in [0.15, 0.2) is 30.0 Å². The Labute approximate surface area is 101 Å². The van der Waals surface area contributed by atoms with Gasteiger partial charge in [-0.1, -0.05) is 6.07 Å². The molecule has 1 heterocycles. The van der Waals surface area contributed by atoms with E-state index in [0.29, 0.717) is 19.0 Å². The van der Waals surface area contributed by atoms with Gasteiger partial charge in [-0.15, -0.1) is 0 Å². The summed E-state index contributed by atoms with van der Waals surface area (Å²) >= 11 is 0. The van der Waals surface area contributed by atoms with Gasteiger partial charge in [0, 0.05) is 5.92 Å². The van der Waals surface area contributed by atoms with Crippen molar-refractivity contribution in [2.45, 2.75) is 26.2 Å². The van der Waals surface area contributed by atoms with E-state index in [2.05, 4.69) is 0 Å². The van der Waals surface area contributed by atoms with Gasteiger partial charge >= 0.3 is 0 Å². The number of allylic oxidation sites excluding steroid dienone is 2. The van der Waals surface area contributed by atoms with E-state index >= 15 is 0 Å². The van der Waals surface area contributed by atoms with Crippen molar-refractivity contribution >= 4 is 0 Å². The average molecular weight is 236 g/mol. The molecule has 2 nitrogen and oxygen atoms in total. The minimum Gasteiger partial charge on any atom is -0.498 e. The first-order valence-corrected chi connectivity index (χ1v) is 5.92. The third kappa shape index (κ3) is 2.78. The summed E-state index contributed by atoms with van der Waals surface area (Å²) in [6.45, 7) is 4.88. The van der Waals surface area contributed by atoms with Crippen LogP contribution in [0.25, 0.3) is 0 Å². The third-order valence-corrected chi connectivity index (χ3v) is 2.93. The van der Waals surface area contributed by atoms with E-state index in [-0.39, 0.29) is 11.7 Å². The van der Waals surface area contributed by atoms with Gasteiger partial charge in [0.2, 0.25) is 0 Å². The molecule has 3 heteroatoms. The summed E-state index contributed by atoms with van der Waals surface area (Å²) in [6.07, 6.45) is 2.95. The number of ether oxygens (including phenoxy) is 2.